The van der Waals surface area contributed by atoms with Gasteiger partial charge in [-0.3, -0.25) is 0 Å². The largest absolute Gasteiger partial charge is 0.411 e. The van der Waals surface area contributed by atoms with Crippen molar-refractivity contribution in [1.82, 2.24) is 0 Å². The highest BCUT2D eigenvalue weighted by Crippen LogP contribution is 2.18. The number of nitrogens with two attached hydrogens (primary N) is 1. The molecule has 6 heteroatoms. The molecule has 0 saturated heterocycles. The lowest BCUT2D eigenvalue weighted by molar-refractivity contribution is -0.174. The fourth-order valence-corrected chi connectivity index (χ4v) is 2.19. The number of rotatable bonds is 7. The first-order valence-corrected chi connectivity index (χ1v) is 6.79. The van der Waals surface area contributed by atoms with Crippen LogP contribution in [0.15, 0.2) is 28.7 Å². The normalized spacial score (nSPS) is 13.5. The zero-order valence-electron chi connectivity index (χ0n) is 10.4. The summed E-state index contributed by atoms with van der Waals surface area (Å²) in [6.07, 6.45) is -2.99. The maximum Gasteiger partial charge on any atom is 0.411 e. The van der Waals surface area contributed by atoms with E-state index in [9.17, 15) is 13.2 Å². The fraction of sp³-hybridized carbons (Fsp3) is 0.538. The van der Waals surface area contributed by atoms with Gasteiger partial charge < -0.3 is 10.5 Å². The van der Waals surface area contributed by atoms with Crippen LogP contribution in [0.4, 0.5) is 13.2 Å². The number of alkyl halides is 3. The molecule has 19 heavy (non-hydrogen) atoms. The van der Waals surface area contributed by atoms with Gasteiger partial charge in [0.1, 0.15) is 6.61 Å². The molecule has 0 spiro atoms. The Kier molecular flexibility index (Phi) is 6.82. The summed E-state index contributed by atoms with van der Waals surface area (Å²) in [5.41, 5.74) is 6.75. The number of halogens is 4. The maximum absolute atomic E-state index is 11.9. The van der Waals surface area contributed by atoms with Crippen LogP contribution in [-0.4, -0.2) is 25.9 Å². The molecule has 0 aliphatic rings. The van der Waals surface area contributed by atoms with E-state index in [-0.39, 0.29) is 12.5 Å². The average Bonchev–Trinajstić information content (AvgIpc) is 2.32. The molecule has 1 aromatic carbocycles. The van der Waals surface area contributed by atoms with Gasteiger partial charge in [-0.1, -0.05) is 28.1 Å². The predicted octanol–water partition coefficient (Wildman–Crippen LogP) is 3.54. The fourth-order valence-electron chi connectivity index (χ4n) is 1.74. The smallest absolute Gasteiger partial charge is 0.372 e. The Hall–Kier alpha value is -0.590. The Balaban J connectivity index is 2.34. The van der Waals surface area contributed by atoms with E-state index in [0.717, 1.165) is 16.5 Å². The van der Waals surface area contributed by atoms with Crippen molar-refractivity contribution >= 4 is 15.9 Å². The number of hydrogen-bond acceptors (Lipinski definition) is 2. The summed E-state index contributed by atoms with van der Waals surface area (Å²) in [7, 11) is 0. The molecule has 108 valence electrons. The quantitative estimate of drug-likeness (QED) is 0.771. The van der Waals surface area contributed by atoms with Gasteiger partial charge in [0.05, 0.1) is 0 Å². The first-order valence-electron chi connectivity index (χ1n) is 5.99. The molecule has 0 aliphatic heterocycles. The zero-order chi connectivity index (χ0) is 14.3. The van der Waals surface area contributed by atoms with Crippen LogP contribution >= 0.6 is 15.9 Å². The number of hydrogen-bond donors (Lipinski definition) is 1. The second kappa shape index (κ2) is 7.87. The SMILES string of the molecule is NCC(CCOCC(F)(F)F)Cc1cccc(Br)c1. The Morgan fingerprint density at radius 3 is 2.63 bits per heavy atom. The van der Waals surface area contributed by atoms with Gasteiger partial charge in [0, 0.05) is 11.1 Å². The summed E-state index contributed by atoms with van der Waals surface area (Å²) >= 11 is 3.38. The summed E-state index contributed by atoms with van der Waals surface area (Å²) in [5.74, 6) is 0.127. The van der Waals surface area contributed by atoms with E-state index in [1.807, 2.05) is 24.3 Å². The maximum atomic E-state index is 11.9. The van der Waals surface area contributed by atoms with Crippen LogP contribution in [0.5, 0.6) is 0 Å². The van der Waals surface area contributed by atoms with Gasteiger partial charge in [-0.05, 0) is 43.0 Å². The van der Waals surface area contributed by atoms with E-state index in [1.165, 1.54) is 0 Å². The first kappa shape index (κ1) is 16.5. The van der Waals surface area contributed by atoms with Crippen LogP contribution in [0.1, 0.15) is 12.0 Å². The molecule has 0 fully saturated rings. The van der Waals surface area contributed by atoms with Crippen molar-refractivity contribution in [3.63, 3.8) is 0 Å². The molecule has 0 aromatic heterocycles. The second-order valence-corrected chi connectivity index (χ2v) is 5.31. The highest BCUT2D eigenvalue weighted by Gasteiger charge is 2.27. The van der Waals surface area contributed by atoms with Gasteiger partial charge in [-0.2, -0.15) is 13.2 Å². The molecule has 1 unspecified atom stereocenters. The average molecular weight is 340 g/mol. The molecule has 1 aromatic rings. The molecule has 0 aliphatic carbocycles. The van der Waals surface area contributed by atoms with E-state index in [4.69, 9.17) is 5.73 Å². The summed E-state index contributed by atoms with van der Waals surface area (Å²) in [4.78, 5) is 0. The van der Waals surface area contributed by atoms with Gasteiger partial charge in [0.25, 0.3) is 0 Å². The minimum absolute atomic E-state index is 0.0787. The zero-order valence-corrected chi connectivity index (χ0v) is 12.0. The molecule has 0 amide bonds. The predicted molar refractivity (Wildman–Crippen MR) is 71.9 cm³/mol. The monoisotopic (exact) mass is 339 g/mol. The molecule has 1 atom stereocenters. The van der Waals surface area contributed by atoms with Crippen molar-refractivity contribution in [2.45, 2.75) is 19.0 Å². The van der Waals surface area contributed by atoms with Crippen molar-refractivity contribution in [2.75, 3.05) is 19.8 Å². The van der Waals surface area contributed by atoms with Crippen LogP contribution < -0.4 is 5.73 Å². The minimum Gasteiger partial charge on any atom is -0.372 e. The van der Waals surface area contributed by atoms with Gasteiger partial charge in [0.2, 0.25) is 0 Å². The Labute approximate surface area is 119 Å². The lowest BCUT2D eigenvalue weighted by Crippen LogP contribution is -2.22. The van der Waals surface area contributed by atoms with Gasteiger partial charge in [-0.25, -0.2) is 0 Å². The highest BCUT2D eigenvalue weighted by molar-refractivity contribution is 9.10. The lowest BCUT2D eigenvalue weighted by atomic mass is 9.97. The molecular weight excluding hydrogens is 323 g/mol. The molecule has 2 nitrogen and oxygen atoms in total. The van der Waals surface area contributed by atoms with Crippen molar-refractivity contribution in [3.05, 3.63) is 34.3 Å². The van der Waals surface area contributed by atoms with Crippen LogP contribution in [0.3, 0.4) is 0 Å². The third-order valence-corrected chi connectivity index (χ3v) is 3.18. The van der Waals surface area contributed by atoms with Crippen LogP contribution in [0, 0.1) is 5.92 Å². The summed E-state index contributed by atoms with van der Waals surface area (Å²) in [6, 6.07) is 7.81. The van der Waals surface area contributed by atoms with E-state index >= 15 is 0 Å². The van der Waals surface area contributed by atoms with Crippen LogP contribution in [0.25, 0.3) is 0 Å². The van der Waals surface area contributed by atoms with Crippen LogP contribution in [0.2, 0.25) is 0 Å². The number of ether oxygens (including phenoxy) is 1. The van der Waals surface area contributed by atoms with Crippen molar-refractivity contribution < 1.29 is 17.9 Å². The van der Waals surface area contributed by atoms with E-state index < -0.39 is 12.8 Å². The molecular formula is C13H17BrF3NO. The minimum atomic E-state index is -4.26. The third-order valence-electron chi connectivity index (χ3n) is 2.68. The summed E-state index contributed by atoms with van der Waals surface area (Å²) in [6.45, 7) is -0.682. The third kappa shape index (κ3) is 7.54. The number of benzene rings is 1. The molecule has 2 N–H and O–H groups in total. The van der Waals surface area contributed by atoms with Crippen molar-refractivity contribution in [1.29, 1.82) is 0 Å². The van der Waals surface area contributed by atoms with Gasteiger partial charge >= 0.3 is 6.18 Å². The lowest BCUT2D eigenvalue weighted by Gasteiger charge is -2.15. The summed E-state index contributed by atoms with van der Waals surface area (Å²) < 4.78 is 41.3. The molecule has 0 saturated carbocycles. The van der Waals surface area contributed by atoms with Crippen molar-refractivity contribution in [3.8, 4) is 0 Å². The standard InChI is InChI=1S/C13H17BrF3NO/c14-12-3-1-2-10(7-12)6-11(8-18)4-5-19-9-13(15,16)17/h1-3,7,11H,4-6,8-9,18H2. The van der Waals surface area contributed by atoms with E-state index in [0.29, 0.717) is 13.0 Å². The van der Waals surface area contributed by atoms with E-state index in [1.54, 1.807) is 0 Å². The Morgan fingerprint density at radius 1 is 1.32 bits per heavy atom. The highest BCUT2D eigenvalue weighted by atomic mass is 79.9. The molecule has 0 heterocycles. The molecule has 0 radical (unpaired) electrons. The second-order valence-electron chi connectivity index (χ2n) is 4.39. The van der Waals surface area contributed by atoms with Gasteiger partial charge in [-0.15, -0.1) is 0 Å². The first-order chi connectivity index (χ1) is 8.90. The Bertz CT molecular complexity index is 384. The summed E-state index contributed by atoms with van der Waals surface area (Å²) in [5, 5.41) is 0. The Morgan fingerprint density at radius 2 is 2.05 bits per heavy atom. The van der Waals surface area contributed by atoms with E-state index in [2.05, 4.69) is 20.7 Å². The van der Waals surface area contributed by atoms with Crippen LogP contribution in [-0.2, 0) is 11.2 Å². The molecule has 0 bridgehead atoms. The topological polar surface area (TPSA) is 35.2 Å². The van der Waals surface area contributed by atoms with Crippen molar-refractivity contribution in [2.24, 2.45) is 11.7 Å². The van der Waals surface area contributed by atoms with Gasteiger partial charge in [0.15, 0.2) is 0 Å². The molecule has 1 rings (SSSR count).